The van der Waals surface area contributed by atoms with Crippen LogP contribution in [0, 0.1) is 13.8 Å². The van der Waals surface area contributed by atoms with Crippen LogP contribution in [-0.2, 0) is 0 Å². The molecule has 0 bridgehead atoms. The summed E-state index contributed by atoms with van der Waals surface area (Å²) in [7, 11) is 0. The van der Waals surface area contributed by atoms with Crippen LogP contribution in [0.5, 0.6) is 0 Å². The lowest BCUT2D eigenvalue weighted by atomic mass is 10.0. The number of aryl methyl sites for hydroxylation is 2. The van der Waals surface area contributed by atoms with Crippen LogP contribution in [0.25, 0.3) is 33.5 Å². The fraction of sp³-hybridized carbons (Fsp3) is 0.0909. The third kappa shape index (κ3) is 2.46. The van der Waals surface area contributed by atoms with Gasteiger partial charge in [0.25, 0.3) is 0 Å². The second-order valence-electron chi connectivity index (χ2n) is 6.03. The fourth-order valence-corrected chi connectivity index (χ4v) is 2.95. The van der Waals surface area contributed by atoms with Gasteiger partial charge < -0.3 is 0 Å². The lowest BCUT2D eigenvalue weighted by Crippen LogP contribution is -1.97. The van der Waals surface area contributed by atoms with E-state index in [0.29, 0.717) is 0 Å². The first-order chi connectivity index (χ1) is 11.7. The van der Waals surface area contributed by atoms with Gasteiger partial charge in [-0.2, -0.15) is 0 Å². The van der Waals surface area contributed by atoms with Crippen LogP contribution in [-0.4, -0.2) is 9.97 Å². The van der Waals surface area contributed by atoms with Gasteiger partial charge in [0.15, 0.2) is 0 Å². The molecular formula is C22H18N2. The van der Waals surface area contributed by atoms with Gasteiger partial charge in [-0.25, -0.2) is 9.97 Å². The molecule has 1 aromatic heterocycles. The molecule has 0 N–H and O–H groups in total. The van der Waals surface area contributed by atoms with Gasteiger partial charge in [0.2, 0.25) is 0 Å². The van der Waals surface area contributed by atoms with E-state index in [1.165, 1.54) is 11.1 Å². The zero-order valence-electron chi connectivity index (χ0n) is 13.8. The van der Waals surface area contributed by atoms with Crippen LogP contribution in [0.4, 0.5) is 0 Å². The van der Waals surface area contributed by atoms with Crippen molar-refractivity contribution in [3.63, 3.8) is 0 Å². The zero-order chi connectivity index (χ0) is 16.5. The van der Waals surface area contributed by atoms with Gasteiger partial charge in [0, 0.05) is 11.1 Å². The lowest BCUT2D eigenvalue weighted by molar-refractivity contribution is 1.25. The molecule has 0 spiro atoms. The molecule has 116 valence electrons. The molecule has 24 heavy (non-hydrogen) atoms. The Hall–Kier alpha value is -3.00. The van der Waals surface area contributed by atoms with Crippen molar-refractivity contribution >= 4 is 11.0 Å². The van der Waals surface area contributed by atoms with Gasteiger partial charge in [-0.15, -0.1) is 0 Å². The molecule has 0 radical (unpaired) electrons. The van der Waals surface area contributed by atoms with Gasteiger partial charge >= 0.3 is 0 Å². The SMILES string of the molecule is Cc1ccc2nc(-c3ccccc3)c(-c3ccccc3)nc2c1C. The van der Waals surface area contributed by atoms with E-state index in [9.17, 15) is 0 Å². The molecule has 0 atom stereocenters. The Morgan fingerprint density at radius 2 is 1.12 bits per heavy atom. The summed E-state index contributed by atoms with van der Waals surface area (Å²) in [5.41, 5.74) is 8.39. The summed E-state index contributed by atoms with van der Waals surface area (Å²) in [6, 6.07) is 24.7. The average molecular weight is 310 g/mol. The maximum Gasteiger partial charge on any atom is 0.0973 e. The van der Waals surface area contributed by atoms with Gasteiger partial charge in [0.1, 0.15) is 0 Å². The molecule has 0 amide bonds. The van der Waals surface area contributed by atoms with Crippen molar-refractivity contribution in [3.05, 3.63) is 83.9 Å². The zero-order valence-corrected chi connectivity index (χ0v) is 13.8. The van der Waals surface area contributed by atoms with Crippen molar-refractivity contribution in [2.45, 2.75) is 13.8 Å². The minimum Gasteiger partial charge on any atom is -0.244 e. The number of benzene rings is 3. The molecule has 0 fully saturated rings. The Morgan fingerprint density at radius 3 is 1.71 bits per heavy atom. The predicted molar refractivity (Wildman–Crippen MR) is 99.9 cm³/mol. The lowest BCUT2D eigenvalue weighted by Gasteiger charge is -2.12. The Bertz CT molecular complexity index is 1010. The summed E-state index contributed by atoms with van der Waals surface area (Å²) in [6.07, 6.45) is 0. The summed E-state index contributed by atoms with van der Waals surface area (Å²) in [4.78, 5) is 9.98. The Balaban J connectivity index is 2.08. The van der Waals surface area contributed by atoms with Crippen molar-refractivity contribution in [1.29, 1.82) is 0 Å². The number of rotatable bonds is 2. The van der Waals surface area contributed by atoms with Crippen LogP contribution >= 0.6 is 0 Å². The highest BCUT2D eigenvalue weighted by Gasteiger charge is 2.14. The van der Waals surface area contributed by atoms with Crippen LogP contribution in [0.3, 0.4) is 0 Å². The normalized spacial score (nSPS) is 10.9. The van der Waals surface area contributed by atoms with Crippen molar-refractivity contribution in [3.8, 4) is 22.5 Å². The summed E-state index contributed by atoms with van der Waals surface area (Å²) in [6.45, 7) is 4.23. The summed E-state index contributed by atoms with van der Waals surface area (Å²) in [5, 5.41) is 0. The first kappa shape index (κ1) is 14.6. The van der Waals surface area contributed by atoms with Crippen molar-refractivity contribution in [2.75, 3.05) is 0 Å². The molecule has 1 heterocycles. The average Bonchev–Trinajstić information content (AvgIpc) is 2.65. The van der Waals surface area contributed by atoms with E-state index in [2.05, 4.69) is 50.2 Å². The molecule has 2 nitrogen and oxygen atoms in total. The number of nitrogens with zero attached hydrogens (tertiary/aromatic N) is 2. The van der Waals surface area contributed by atoms with E-state index in [-0.39, 0.29) is 0 Å². The van der Waals surface area contributed by atoms with Gasteiger partial charge in [-0.1, -0.05) is 66.7 Å². The van der Waals surface area contributed by atoms with Gasteiger partial charge in [-0.05, 0) is 31.0 Å². The van der Waals surface area contributed by atoms with E-state index in [0.717, 1.165) is 33.5 Å². The van der Waals surface area contributed by atoms with E-state index < -0.39 is 0 Å². The van der Waals surface area contributed by atoms with Crippen LogP contribution in [0.1, 0.15) is 11.1 Å². The van der Waals surface area contributed by atoms with Crippen molar-refractivity contribution in [2.24, 2.45) is 0 Å². The minimum absolute atomic E-state index is 0.928. The molecule has 3 aromatic carbocycles. The first-order valence-corrected chi connectivity index (χ1v) is 8.13. The van der Waals surface area contributed by atoms with Crippen molar-refractivity contribution < 1.29 is 0 Å². The third-order valence-electron chi connectivity index (χ3n) is 4.46. The molecule has 0 aliphatic rings. The summed E-state index contributed by atoms with van der Waals surface area (Å²) >= 11 is 0. The van der Waals surface area contributed by atoms with E-state index in [1.54, 1.807) is 0 Å². The molecule has 4 rings (SSSR count). The Labute approximate surface area is 141 Å². The second kappa shape index (κ2) is 5.89. The second-order valence-corrected chi connectivity index (χ2v) is 6.03. The number of fused-ring (bicyclic) bond motifs is 1. The highest BCUT2D eigenvalue weighted by molar-refractivity contribution is 5.88. The molecule has 0 aliphatic heterocycles. The van der Waals surface area contributed by atoms with Gasteiger partial charge in [0.05, 0.1) is 22.4 Å². The quantitative estimate of drug-likeness (QED) is 0.483. The monoisotopic (exact) mass is 310 g/mol. The molecule has 4 aromatic rings. The third-order valence-corrected chi connectivity index (χ3v) is 4.46. The number of hydrogen-bond acceptors (Lipinski definition) is 2. The molecule has 0 saturated heterocycles. The first-order valence-electron chi connectivity index (χ1n) is 8.13. The van der Waals surface area contributed by atoms with E-state index in [4.69, 9.17) is 9.97 Å². The predicted octanol–water partition coefficient (Wildman–Crippen LogP) is 5.58. The summed E-state index contributed by atoms with van der Waals surface area (Å²) in [5.74, 6) is 0. The largest absolute Gasteiger partial charge is 0.244 e. The molecular weight excluding hydrogens is 292 g/mol. The number of aromatic nitrogens is 2. The Kier molecular flexibility index (Phi) is 3.58. The standard InChI is InChI=1S/C22H18N2/c1-15-13-14-19-20(16(15)2)24-22(18-11-7-4-8-12-18)21(23-19)17-9-5-3-6-10-17/h3-14H,1-2H3. The van der Waals surface area contributed by atoms with Crippen LogP contribution in [0.2, 0.25) is 0 Å². The highest BCUT2D eigenvalue weighted by atomic mass is 14.8. The van der Waals surface area contributed by atoms with Crippen LogP contribution < -0.4 is 0 Å². The van der Waals surface area contributed by atoms with Crippen LogP contribution in [0.15, 0.2) is 72.8 Å². The Morgan fingerprint density at radius 1 is 0.583 bits per heavy atom. The molecule has 0 unspecified atom stereocenters. The molecule has 0 aliphatic carbocycles. The summed E-state index contributed by atoms with van der Waals surface area (Å²) < 4.78 is 0. The number of hydrogen-bond donors (Lipinski definition) is 0. The highest BCUT2D eigenvalue weighted by Crippen LogP contribution is 2.32. The van der Waals surface area contributed by atoms with E-state index in [1.807, 2.05) is 36.4 Å². The molecule has 2 heteroatoms. The topological polar surface area (TPSA) is 25.8 Å². The smallest absolute Gasteiger partial charge is 0.0973 e. The van der Waals surface area contributed by atoms with E-state index >= 15 is 0 Å². The minimum atomic E-state index is 0.928. The fourth-order valence-electron chi connectivity index (χ4n) is 2.95. The molecule has 0 saturated carbocycles. The van der Waals surface area contributed by atoms with Crippen molar-refractivity contribution in [1.82, 2.24) is 9.97 Å². The maximum atomic E-state index is 5.02. The van der Waals surface area contributed by atoms with Gasteiger partial charge in [-0.3, -0.25) is 0 Å². The maximum absolute atomic E-state index is 5.02.